The van der Waals surface area contributed by atoms with Gasteiger partial charge in [-0.2, -0.15) is 0 Å². The van der Waals surface area contributed by atoms with E-state index in [-0.39, 0.29) is 17.9 Å². The number of hydrogen-bond acceptors (Lipinski definition) is 3. The Morgan fingerprint density at radius 3 is 2.33 bits per heavy atom. The van der Waals surface area contributed by atoms with Gasteiger partial charge in [-0.1, -0.05) is 78.7 Å². The Hall–Kier alpha value is -2.76. The highest BCUT2D eigenvalue weighted by Gasteiger charge is 2.30. The molecule has 3 aromatic rings. The van der Waals surface area contributed by atoms with E-state index in [1.54, 1.807) is 16.7 Å². The molecule has 0 spiro atoms. The zero-order chi connectivity index (χ0) is 25.9. The van der Waals surface area contributed by atoms with Gasteiger partial charge in [0.1, 0.15) is 6.04 Å². The molecule has 0 aliphatic carbocycles. The van der Waals surface area contributed by atoms with Gasteiger partial charge in [0.2, 0.25) is 11.8 Å². The van der Waals surface area contributed by atoms with Crippen molar-refractivity contribution in [3.05, 3.63) is 101 Å². The molecule has 2 atom stereocenters. The predicted molar refractivity (Wildman–Crippen MR) is 150 cm³/mol. The van der Waals surface area contributed by atoms with E-state index >= 15 is 0 Å². The molecule has 0 radical (unpaired) electrons. The molecular weight excluding hydrogens is 488 g/mol. The molecule has 2 unspecified atom stereocenters. The maximum atomic E-state index is 13.7. The van der Waals surface area contributed by atoms with Gasteiger partial charge >= 0.3 is 0 Å². The van der Waals surface area contributed by atoms with Gasteiger partial charge in [0.15, 0.2) is 0 Å². The molecular formula is C30H35ClN2O2S. The fraction of sp³-hybridized carbons (Fsp3) is 0.333. The lowest BCUT2D eigenvalue weighted by atomic mass is 10.0. The molecule has 3 rings (SSSR count). The number of benzene rings is 3. The summed E-state index contributed by atoms with van der Waals surface area (Å²) in [6, 6.07) is 25.0. The second-order valence-corrected chi connectivity index (χ2v) is 10.7. The van der Waals surface area contributed by atoms with Crippen LogP contribution >= 0.6 is 23.4 Å². The third kappa shape index (κ3) is 8.72. The van der Waals surface area contributed by atoms with Crippen molar-refractivity contribution >= 4 is 35.2 Å². The lowest BCUT2D eigenvalue weighted by Crippen LogP contribution is -2.52. The number of amides is 2. The van der Waals surface area contributed by atoms with Gasteiger partial charge in [0, 0.05) is 41.1 Å². The van der Waals surface area contributed by atoms with Crippen molar-refractivity contribution in [2.75, 3.05) is 5.75 Å². The van der Waals surface area contributed by atoms with Crippen LogP contribution in [0.25, 0.3) is 0 Å². The van der Waals surface area contributed by atoms with E-state index in [1.165, 1.54) is 5.56 Å². The molecule has 0 saturated heterocycles. The number of carbonyl (C=O) groups is 2. The summed E-state index contributed by atoms with van der Waals surface area (Å²) in [6.45, 7) is 6.40. The highest BCUT2D eigenvalue weighted by atomic mass is 35.5. The topological polar surface area (TPSA) is 49.4 Å². The van der Waals surface area contributed by atoms with Crippen molar-refractivity contribution < 1.29 is 9.59 Å². The van der Waals surface area contributed by atoms with Crippen molar-refractivity contribution in [2.24, 2.45) is 0 Å². The molecule has 3 aromatic carbocycles. The number of rotatable bonds is 12. The van der Waals surface area contributed by atoms with Gasteiger partial charge in [0.05, 0.1) is 0 Å². The molecule has 0 heterocycles. The molecule has 4 nitrogen and oxygen atoms in total. The van der Waals surface area contributed by atoms with Crippen LogP contribution in [0.15, 0.2) is 83.8 Å². The third-order valence-corrected chi connectivity index (χ3v) is 7.37. The van der Waals surface area contributed by atoms with Crippen LogP contribution in [-0.2, 0) is 22.6 Å². The normalized spacial score (nSPS) is 12.6. The van der Waals surface area contributed by atoms with Gasteiger partial charge < -0.3 is 10.2 Å². The minimum Gasteiger partial charge on any atom is -0.352 e. The van der Waals surface area contributed by atoms with Crippen molar-refractivity contribution in [2.45, 2.75) is 63.6 Å². The average Bonchev–Trinajstić information content (AvgIpc) is 2.87. The Morgan fingerprint density at radius 2 is 1.67 bits per heavy atom. The Labute approximate surface area is 224 Å². The quantitative estimate of drug-likeness (QED) is 0.270. The van der Waals surface area contributed by atoms with E-state index in [0.29, 0.717) is 30.2 Å². The van der Waals surface area contributed by atoms with Gasteiger partial charge in [0.25, 0.3) is 0 Å². The molecule has 0 aliphatic heterocycles. The van der Waals surface area contributed by atoms with E-state index in [0.717, 1.165) is 22.4 Å². The molecule has 0 aliphatic rings. The first-order chi connectivity index (χ1) is 17.4. The first-order valence-electron chi connectivity index (χ1n) is 12.4. The third-order valence-electron chi connectivity index (χ3n) is 6.12. The standard InChI is InChI=1S/C30H35ClN2O2S/c1-4-23(3)32-30(35)28(20-24-9-6-5-7-10-24)33(21-25-11-8-12-26(31)19-25)29(34)17-18-36-27-15-13-22(2)14-16-27/h5-16,19,23,28H,4,17-18,20-21H2,1-3H3,(H,32,35). The van der Waals surface area contributed by atoms with Crippen molar-refractivity contribution in [1.29, 1.82) is 0 Å². The summed E-state index contributed by atoms with van der Waals surface area (Å²) >= 11 is 7.90. The summed E-state index contributed by atoms with van der Waals surface area (Å²) < 4.78 is 0. The van der Waals surface area contributed by atoms with Crippen LogP contribution in [0.3, 0.4) is 0 Å². The van der Waals surface area contributed by atoms with Crippen LogP contribution in [0.1, 0.15) is 43.4 Å². The number of nitrogens with zero attached hydrogens (tertiary/aromatic N) is 1. The fourth-order valence-corrected chi connectivity index (χ4v) is 4.92. The largest absolute Gasteiger partial charge is 0.352 e. The number of halogens is 1. The van der Waals surface area contributed by atoms with Crippen LogP contribution in [0.2, 0.25) is 5.02 Å². The van der Waals surface area contributed by atoms with Crippen LogP contribution in [0, 0.1) is 6.92 Å². The lowest BCUT2D eigenvalue weighted by molar-refractivity contribution is -0.141. The number of aryl methyl sites for hydroxylation is 1. The van der Waals surface area contributed by atoms with Crippen LogP contribution < -0.4 is 5.32 Å². The predicted octanol–water partition coefficient (Wildman–Crippen LogP) is 6.69. The van der Waals surface area contributed by atoms with Crippen molar-refractivity contribution in [1.82, 2.24) is 10.2 Å². The Bertz CT molecular complexity index is 1120. The van der Waals surface area contributed by atoms with E-state index in [1.807, 2.05) is 68.4 Å². The highest BCUT2D eigenvalue weighted by molar-refractivity contribution is 7.99. The molecule has 0 bridgehead atoms. The zero-order valence-corrected chi connectivity index (χ0v) is 22.8. The van der Waals surface area contributed by atoms with Gasteiger partial charge in [-0.25, -0.2) is 0 Å². The molecule has 190 valence electrons. The van der Waals surface area contributed by atoms with E-state index in [2.05, 4.69) is 36.5 Å². The van der Waals surface area contributed by atoms with E-state index in [9.17, 15) is 9.59 Å². The van der Waals surface area contributed by atoms with Gasteiger partial charge in [-0.05, 0) is 55.7 Å². The van der Waals surface area contributed by atoms with Crippen LogP contribution in [-0.4, -0.2) is 34.6 Å². The minimum atomic E-state index is -0.628. The Morgan fingerprint density at radius 1 is 0.972 bits per heavy atom. The molecule has 0 fully saturated rings. The first-order valence-corrected chi connectivity index (χ1v) is 13.8. The molecule has 0 aromatic heterocycles. The van der Waals surface area contributed by atoms with Crippen LogP contribution in [0.4, 0.5) is 0 Å². The molecule has 1 N–H and O–H groups in total. The zero-order valence-electron chi connectivity index (χ0n) is 21.2. The maximum Gasteiger partial charge on any atom is 0.243 e. The number of hydrogen-bond donors (Lipinski definition) is 1. The first kappa shape index (κ1) is 27.8. The summed E-state index contributed by atoms with van der Waals surface area (Å²) in [7, 11) is 0. The minimum absolute atomic E-state index is 0.0241. The second-order valence-electron chi connectivity index (χ2n) is 9.09. The summed E-state index contributed by atoms with van der Waals surface area (Å²) in [5, 5.41) is 3.72. The highest BCUT2D eigenvalue weighted by Crippen LogP contribution is 2.22. The van der Waals surface area contributed by atoms with E-state index < -0.39 is 6.04 Å². The Balaban J connectivity index is 1.85. The maximum absolute atomic E-state index is 13.7. The SMILES string of the molecule is CCC(C)NC(=O)C(Cc1ccccc1)N(Cc1cccc(Cl)c1)C(=O)CCSc1ccc(C)cc1. The monoisotopic (exact) mass is 522 g/mol. The number of carbonyl (C=O) groups excluding carboxylic acids is 2. The molecule has 6 heteroatoms. The fourth-order valence-electron chi connectivity index (χ4n) is 3.86. The lowest BCUT2D eigenvalue weighted by Gasteiger charge is -2.32. The average molecular weight is 523 g/mol. The summed E-state index contributed by atoms with van der Waals surface area (Å²) in [5.41, 5.74) is 3.12. The summed E-state index contributed by atoms with van der Waals surface area (Å²) in [4.78, 5) is 30.0. The van der Waals surface area contributed by atoms with Crippen molar-refractivity contribution in [3.63, 3.8) is 0 Å². The van der Waals surface area contributed by atoms with Crippen molar-refractivity contribution in [3.8, 4) is 0 Å². The summed E-state index contributed by atoms with van der Waals surface area (Å²) in [6.07, 6.45) is 1.60. The van der Waals surface area contributed by atoms with Gasteiger partial charge in [-0.3, -0.25) is 9.59 Å². The van der Waals surface area contributed by atoms with Gasteiger partial charge in [-0.15, -0.1) is 11.8 Å². The Kier molecular flexibility index (Phi) is 10.9. The second kappa shape index (κ2) is 14.1. The molecule has 2 amide bonds. The van der Waals surface area contributed by atoms with E-state index in [4.69, 9.17) is 11.6 Å². The smallest absolute Gasteiger partial charge is 0.243 e. The molecule has 0 saturated carbocycles. The number of thioether (sulfide) groups is 1. The molecule has 36 heavy (non-hydrogen) atoms. The summed E-state index contributed by atoms with van der Waals surface area (Å²) in [5.74, 6) is 0.462. The number of nitrogens with one attached hydrogen (secondary N) is 1. The van der Waals surface area contributed by atoms with Crippen LogP contribution in [0.5, 0.6) is 0 Å².